The van der Waals surface area contributed by atoms with Crippen LogP contribution in [0.5, 0.6) is 11.5 Å². The van der Waals surface area contributed by atoms with Gasteiger partial charge in [-0.15, -0.1) is 41.4 Å². The summed E-state index contributed by atoms with van der Waals surface area (Å²) in [5.41, 5.74) is 14.1. The Morgan fingerprint density at radius 2 is 1.29 bits per heavy atom. The maximum absolute atomic E-state index is 8.61. The molecule has 0 unspecified atom stereocenters. The van der Waals surface area contributed by atoms with Crippen LogP contribution in [0, 0.1) is 25.7 Å². The van der Waals surface area contributed by atoms with E-state index in [1.54, 1.807) is 6.07 Å². The van der Waals surface area contributed by atoms with Crippen molar-refractivity contribution in [3.8, 4) is 39.6 Å². The van der Waals surface area contributed by atoms with Crippen molar-refractivity contribution < 1.29 is 29.9 Å². The molecule has 0 spiro atoms. The summed E-state index contributed by atoms with van der Waals surface area (Å²) in [4.78, 5) is 9.31. The number of benzene rings is 7. The van der Waals surface area contributed by atoms with E-state index in [-0.39, 0.29) is 37.3 Å². The maximum Gasteiger partial charge on any atom is 0.136 e. The molecular weight excluding hydrogens is 1040 g/mol. The number of aryl methyl sites for hydroxylation is 1. The molecule has 2 aromatic heterocycles. The number of hydrogen-bond acceptors (Lipinski definition) is 4. The van der Waals surface area contributed by atoms with Crippen LogP contribution in [0.2, 0.25) is 0 Å². The smallest absolute Gasteiger partial charge is 0.136 e. The summed E-state index contributed by atoms with van der Waals surface area (Å²) in [6, 6.07) is 59.6. The standard InChI is InChI=1S/C64H63N4O.Pt/c1-43-18-15-22-54(46-36-48(63(5,6)7)39-49(37-46)64(8,9)10)53(43)23-17-35-66-42-67(59-26-14-13-25-58(59)66)50-19-16-20-51(40-50)69-52-31-32-56-55-21-11-12-24-57(55)68(60(56)41-52)61-38-45(33-34-65-61)44-27-29-47(30-28-44)62(2,3)4;/h11-16,18-22,24-34,36-39,42H,17,23,35H2,1-10H3;/q-3;/i1D3;. The predicted octanol–water partition coefficient (Wildman–Crippen LogP) is 16.8. The van der Waals surface area contributed by atoms with Gasteiger partial charge in [0.05, 0.1) is 0 Å². The van der Waals surface area contributed by atoms with Crippen LogP contribution >= 0.6 is 0 Å². The number of rotatable bonds is 10. The summed E-state index contributed by atoms with van der Waals surface area (Å²) in [5.74, 6) is 1.93. The van der Waals surface area contributed by atoms with Crippen LogP contribution in [0.15, 0.2) is 158 Å². The van der Waals surface area contributed by atoms with Crippen molar-refractivity contribution in [1.29, 1.82) is 0 Å². The molecule has 0 N–H and O–H groups in total. The predicted molar refractivity (Wildman–Crippen MR) is 289 cm³/mol. The molecule has 358 valence electrons. The molecule has 7 aromatic carbocycles. The number of fused-ring (bicyclic) bond motifs is 4. The summed E-state index contributed by atoms with van der Waals surface area (Å²) < 4.78 is 34.6. The maximum atomic E-state index is 8.61. The zero-order valence-corrected chi connectivity index (χ0v) is 44.0. The Bertz CT molecular complexity index is 3430. The Balaban J connectivity index is 0.00000656. The Kier molecular flexibility index (Phi) is 12.2. The number of pyridine rings is 1. The molecule has 1 aliphatic heterocycles. The van der Waals surface area contributed by atoms with Crippen molar-refractivity contribution in [1.82, 2.24) is 9.55 Å². The van der Waals surface area contributed by atoms with Crippen LogP contribution in [0.1, 0.15) is 101 Å². The zero-order valence-electron chi connectivity index (χ0n) is 44.7. The summed E-state index contributed by atoms with van der Waals surface area (Å²) >= 11 is 0. The Labute approximate surface area is 434 Å². The molecule has 0 fully saturated rings. The van der Waals surface area contributed by atoms with Gasteiger partial charge >= 0.3 is 0 Å². The second kappa shape index (κ2) is 19.1. The van der Waals surface area contributed by atoms with E-state index in [0.29, 0.717) is 30.0 Å². The van der Waals surface area contributed by atoms with E-state index < -0.39 is 6.85 Å². The molecule has 70 heavy (non-hydrogen) atoms. The molecule has 0 bridgehead atoms. The quantitative estimate of drug-likeness (QED) is 0.128. The fourth-order valence-corrected chi connectivity index (χ4v) is 9.56. The van der Waals surface area contributed by atoms with Gasteiger partial charge < -0.3 is 19.1 Å². The minimum absolute atomic E-state index is 0. The fourth-order valence-electron chi connectivity index (χ4n) is 9.56. The minimum Gasteiger partial charge on any atom is -0.509 e. The number of aromatic nitrogens is 2. The van der Waals surface area contributed by atoms with Gasteiger partial charge in [0, 0.05) is 59.8 Å². The van der Waals surface area contributed by atoms with Crippen LogP contribution in [-0.4, -0.2) is 16.1 Å². The molecule has 0 amide bonds. The molecule has 0 radical (unpaired) electrons. The third kappa shape index (κ3) is 9.71. The average molecular weight is 1100 g/mol. The van der Waals surface area contributed by atoms with Gasteiger partial charge in [-0.1, -0.05) is 159 Å². The van der Waals surface area contributed by atoms with E-state index in [4.69, 9.17) is 13.8 Å². The van der Waals surface area contributed by atoms with Crippen molar-refractivity contribution in [2.45, 2.75) is 98.3 Å². The van der Waals surface area contributed by atoms with Gasteiger partial charge in [0.1, 0.15) is 5.82 Å². The Hall–Kier alpha value is -6.42. The largest absolute Gasteiger partial charge is 0.509 e. The van der Waals surface area contributed by atoms with E-state index in [0.717, 1.165) is 78.9 Å². The molecule has 0 aliphatic carbocycles. The molecule has 1 aliphatic rings. The van der Waals surface area contributed by atoms with E-state index in [2.05, 4.69) is 211 Å². The molecule has 0 atom stereocenters. The molecule has 10 rings (SSSR count). The normalized spacial score (nSPS) is 13.8. The summed E-state index contributed by atoms with van der Waals surface area (Å²) in [7, 11) is 0. The van der Waals surface area contributed by atoms with Gasteiger partial charge in [-0.05, 0) is 128 Å². The first kappa shape index (κ1) is 44.8. The average Bonchev–Trinajstić information content (AvgIpc) is 3.88. The molecular formula is C64H63N4OPt-3. The number of hydrogen-bond donors (Lipinski definition) is 0. The van der Waals surface area contributed by atoms with Crippen molar-refractivity contribution in [2.75, 3.05) is 16.3 Å². The second-order valence-corrected chi connectivity index (χ2v) is 21.6. The number of nitrogens with zero attached hydrogens (tertiary/aromatic N) is 4. The summed E-state index contributed by atoms with van der Waals surface area (Å²) in [5, 5.41) is 2.17. The van der Waals surface area contributed by atoms with Crippen LogP contribution < -0.4 is 14.5 Å². The van der Waals surface area contributed by atoms with Crippen LogP contribution in [0.4, 0.5) is 17.1 Å². The van der Waals surface area contributed by atoms with Crippen molar-refractivity contribution in [3.63, 3.8) is 0 Å². The first-order valence-electron chi connectivity index (χ1n) is 25.7. The molecule has 0 saturated carbocycles. The van der Waals surface area contributed by atoms with Gasteiger partial charge in [-0.2, -0.15) is 18.8 Å². The number of para-hydroxylation sites is 3. The van der Waals surface area contributed by atoms with Crippen molar-refractivity contribution in [3.05, 3.63) is 204 Å². The first-order chi connectivity index (χ1) is 34.2. The molecule has 0 saturated heterocycles. The van der Waals surface area contributed by atoms with Crippen molar-refractivity contribution in [2.24, 2.45) is 0 Å². The van der Waals surface area contributed by atoms with Gasteiger partial charge in [0.25, 0.3) is 0 Å². The SMILES string of the molecule is [2H]C([2H])([2H])c1cccc(-c2cc(C(C)(C)C)cc(C(C)(C)C)c2)c1CCCN1[CH-]N(c2[c-]c(Oc3[c-]c4c(cc3)c3ccccc3n4-c3cc(-c4ccc(C(C)(C)C)cc4)ccn3)ccc2)c2ccccc21.[Pt]. The molecule has 6 heteroatoms. The Morgan fingerprint density at radius 3 is 2.01 bits per heavy atom. The van der Waals surface area contributed by atoms with E-state index in [9.17, 15) is 0 Å². The van der Waals surface area contributed by atoms with Crippen LogP contribution in [0.3, 0.4) is 0 Å². The summed E-state index contributed by atoms with van der Waals surface area (Å²) in [6.45, 7) is 20.7. The Morgan fingerprint density at radius 1 is 0.600 bits per heavy atom. The van der Waals surface area contributed by atoms with Crippen LogP contribution in [-0.2, 0) is 43.7 Å². The molecule has 3 heterocycles. The molecule has 9 aromatic rings. The van der Waals surface area contributed by atoms with E-state index >= 15 is 0 Å². The van der Waals surface area contributed by atoms with Crippen molar-refractivity contribution >= 4 is 38.9 Å². The number of anilines is 3. The van der Waals surface area contributed by atoms with Gasteiger partial charge in [-0.3, -0.25) is 0 Å². The van der Waals surface area contributed by atoms with Gasteiger partial charge in [0.15, 0.2) is 0 Å². The van der Waals surface area contributed by atoms with Gasteiger partial charge in [0.2, 0.25) is 0 Å². The topological polar surface area (TPSA) is 33.5 Å². The van der Waals surface area contributed by atoms with E-state index in [1.165, 1.54) is 16.7 Å². The summed E-state index contributed by atoms with van der Waals surface area (Å²) in [6.07, 6.45) is 3.21. The second-order valence-electron chi connectivity index (χ2n) is 21.6. The third-order valence-electron chi connectivity index (χ3n) is 13.5. The minimum atomic E-state index is -2.25. The first-order valence-corrected chi connectivity index (χ1v) is 24.2. The fraction of sp³-hybridized carbons (Fsp3) is 0.250. The monoisotopic (exact) mass is 1100 g/mol. The zero-order chi connectivity index (χ0) is 50.7. The van der Waals surface area contributed by atoms with E-state index in [1.807, 2.05) is 36.5 Å². The molecule has 5 nitrogen and oxygen atoms in total. The third-order valence-corrected chi connectivity index (χ3v) is 13.5. The van der Waals surface area contributed by atoms with Gasteiger partial charge in [-0.25, -0.2) is 4.98 Å². The number of ether oxygens (including phenoxy) is 1. The van der Waals surface area contributed by atoms with Crippen LogP contribution in [0.25, 0.3) is 49.9 Å².